The Balaban J connectivity index is 2.73. The molecule has 1 aromatic rings. The fourth-order valence-corrected chi connectivity index (χ4v) is 1.25. The first-order valence-corrected chi connectivity index (χ1v) is 4.69. The van der Waals surface area contributed by atoms with Crippen LogP contribution in [0.15, 0.2) is 18.2 Å². The van der Waals surface area contributed by atoms with E-state index in [9.17, 15) is 4.39 Å². The van der Waals surface area contributed by atoms with Crippen molar-refractivity contribution in [2.45, 2.75) is 12.8 Å². The van der Waals surface area contributed by atoms with Crippen molar-refractivity contribution >= 4 is 11.6 Å². The van der Waals surface area contributed by atoms with Gasteiger partial charge in [-0.15, -0.1) is 11.6 Å². The van der Waals surface area contributed by atoms with E-state index in [1.54, 1.807) is 12.1 Å². The minimum absolute atomic E-state index is 0.218. The molecule has 0 radical (unpaired) electrons. The monoisotopic (exact) mass is 202 g/mol. The summed E-state index contributed by atoms with van der Waals surface area (Å²) in [6, 6.07) is 4.89. The third-order valence-corrected chi connectivity index (χ3v) is 2.11. The summed E-state index contributed by atoms with van der Waals surface area (Å²) in [5.41, 5.74) is 0.696. The molecule has 0 aliphatic heterocycles. The lowest BCUT2D eigenvalue weighted by Crippen LogP contribution is -1.92. The lowest BCUT2D eigenvalue weighted by atomic mass is 10.1. The SMILES string of the molecule is COc1ccc(CCCCl)c(F)c1. The number of halogens is 2. The fraction of sp³-hybridized carbons (Fsp3) is 0.400. The van der Waals surface area contributed by atoms with E-state index < -0.39 is 0 Å². The summed E-state index contributed by atoms with van der Waals surface area (Å²) in [5, 5.41) is 0. The zero-order valence-electron chi connectivity index (χ0n) is 7.52. The number of hydrogen-bond acceptors (Lipinski definition) is 1. The van der Waals surface area contributed by atoms with Gasteiger partial charge in [-0.2, -0.15) is 0 Å². The minimum atomic E-state index is -0.218. The van der Waals surface area contributed by atoms with Crippen molar-refractivity contribution in [1.29, 1.82) is 0 Å². The van der Waals surface area contributed by atoms with Crippen LogP contribution in [0.3, 0.4) is 0 Å². The smallest absolute Gasteiger partial charge is 0.130 e. The summed E-state index contributed by atoms with van der Waals surface area (Å²) in [4.78, 5) is 0. The zero-order valence-corrected chi connectivity index (χ0v) is 8.27. The summed E-state index contributed by atoms with van der Waals surface area (Å²) in [6.45, 7) is 0. The highest BCUT2D eigenvalue weighted by Crippen LogP contribution is 2.17. The van der Waals surface area contributed by atoms with Crippen LogP contribution < -0.4 is 4.74 Å². The first-order chi connectivity index (χ1) is 6.27. The van der Waals surface area contributed by atoms with Crippen LogP contribution in [0.25, 0.3) is 0 Å². The number of hydrogen-bond donors (Lipinski definition) is 0. The van der Waals surface area contributed by atoms with E-state index >= 15 is 0 Å². The van der Waals surface area contributed by atoms with Crippen LogP contribution in [0.4, 0.5) is 4.39 Å². The quantitative estimate of drug-likeness (QED) is 0.682. The molecule has 0 atom stereocenters. The molecule has 0 N–H and O–H groups in total. The molecule has 0 heterocycles. The number of aryl methyl sites for hydroxylation is 1. The molecule has 0 aliphatic rings. The summed E-state index contributed by atoms with van der Waals surface area (Å²) < 4.78 is 18.1. The van der Waals surface area contributed by atoms with Gasteiger partial charge in [0.15, 0.2) is 0 Å². The molecule has 1 aromatic carbocycles. The Morgan fingerprint density at radius 2 is 2.23 bits per heavy atom. The number of alkyl halides is 1. The second-order valence-electron chi connectivity index (χ2n) is 2.75. The summed E-state index contributed by atoms with van der Waals surface area (Å²) in [7, 11) is 1.52. The Labute approximate surface area is 82.5 Å². The van der Waals surface area contributed by atoms with Crippen molar-refractivity contribution in [2.24, 2.45) is 0 Å². The van der Waals surface area contributed by atoms with Crippen LogP contribution >= 0.6 is 11.6 Å². The van der Waals surface area contributed by atoms with Gasteiger partial charge in [0, 0.05) is 11.9 Å². The van der Waals surface area contributed by atoms with E-state index in [4.69, 9.17) is 16.3 Å². The topological polar surface area (TPSA) is 9.23 Å². The molecule has 13 heavy (non-hydrogen) atoms. The maximum Gasteiger partial charge on any atom is 0.130 e. The van der Waals surface area contributed by atoms with Crippen molar-refractivity contribution in [3.05, 3.63) is 29.6 Å². The highest BCUT2D eigenvalue weighted by atomic mass is 35.5. The molecule has 3 heteroatoms. The van der Waals surface area contributed by atoms with Gasteiger partial charge in [-0.05, 0) is 24.5 Å². The second-order valence-corrected chi connectivity index (χ2v) is 3.13. The third kappa shape index (κ3) is 2.88. The van der Waals surface area contributed by atoms with Gasteiger partial charge < -0.3 is 4.74 Å². The highest BCUT2D eigenvalue weighted by Gasteiger charge is 2.02. The van der Waals surface area contributed by atoms with Crippen LogP contribution in [-0.2, 0) is 6.42 Å². The van der Waals surface area contributed by atoms with Crippen LogP contribution in [0.2, 0.25) is 0 Å². The predicted molar refractivity (Wildman–Crippen MR) is 52.0 cm³/mol. The van der Waals surface area contributed by atoms with Crippen molar-refractivity contribution < 1.29 is 9.13 Å². The molecule has 72 valence electrons. The second kappa shape index (κ2) is 5.07. The summed E-state index contributed by atoms with van der Waals surface area (Å²) >= 11 is 5.52. The average Bonchev–Trinajstić information content (AvgIpc) is 2.16. The van der Waals surface area contributed by atoms with E-state index in [2.05, 4.69) is 0 Å². The maximum atomic E-state index is 13.2. The normalized spacial score (nSPS) is 10.1. The molecule has 0 saturated carbocycles. The standard InChI is InChI=1S/C10H12ClFO/c1-13-9-5-4-8(3-2-6-11)10(12)7-9/h4-5,7H,2-3,6H2,1H3. The molecule has 1 nitrogen and oxygen atoms in total. The van der Waals surface area contributed by atoms with Crippen LogP contribution in [0, 0.1) is 5.82 Å². The number of ether oxygens (including phenoxy) is 1. The van der Waals surface area contributed by atoms with Gasteiger partial charge in [0.1, 0.15) is 11.6 Å². The van der Waals surface area contributed by atoms with E-state index in [-0.39, 0.29) is 5.82 Å². The van der Waals surface area contributed by atoms with Gasteiger partial charge in [-0.25, -0.2) is 4.39 Å². The third-order valence-electron chi connectivity index (χ3n) is 1.84. The van der Waals surface area contributed by atoms with Gasteiger partial charge in [0.05, 0.1) is 7.11 Å². The van der Waals surface area contributed by atoms with Crippen molar-refractivity contribution in [3.63, 3.8) is 0 Å². The first kappa shape index (κ1) is 10.3. The Bertz CT molecular complexity index is 276. The Morgan fingerprint density at radius 1 is 1.46 bits per heavy atom. The van der Waals surface area contributed by atoms with Gasteiger partial charge in [0.25, 0.3) is 0 Å². The van der Waals surface area contributed by atoms with Crippen LogP contribution in [-0.4, -0.2) is 13.0 Å². The molecule has 0 saturated heterocycles. The Morgan fingerprint density at radius 3 is 2.77 bits per heavy atom. The largest absolute Gasteiger partial charge is 0.497 e. The Hall–Kier alpha value is -0.760. The molecule has 0 aliphatic carbocycles. The zero-order chi connectivity index (χ0) is 9.68. The van der Waals surface area contributed by atoms with Crippen molar-refractivity contribution in [2.75, 3.05) is 13.0 Å². The molecule has 0 spiro atoms. The van der Waals surface area contributed by atoms with Crippen molar-refractivity contribution in [1.82, 2.24) is 0 Å². The molecular weight excluding hydrogens is 191 g/mol. The minimum Gasteiger partial charge on any atom is -0.497 e. The molecule has 0 amide bonds. The first-order valence-electron chi connectivity index (χ1n) is 4.16. The lowest BCUT2D eigenvalue weighted by Gasteiger charge is -2.04. The van der Waals surface area contributed by atoms with Gasteiger partial charge in [-0.1, -0.05) is 6.07 Å². The van der Waals surface area contributed by atoms with Crippen molar-refractivity contribution in [3.8, 4) is 5.75 Å². The lowest BCUT2D eigenvalue weighted by molar-refractivity contribution is 0.410. The highest BCUT2D eigenvalue weighted by molar-refractivity contribution is 6.17. The predicted octanol–water partition coefficient (Wildman–Crippen LogP) is 3.01. The summed E-state index contributed by atoms with van der Waals surface area (Å²) in [6.07, 6.45) is 1.48. The van der Waals surface area contributed by atoms with E-state index in [1.807, 2.05) is 0 Å². The van der Waals surface area contributed by atoms with Gasteiger partial charge in [0.2, 0.25) is 0 Å². The number of benzene rings is 1. The number of methoxy groups -OCH3 is 1. The van der Waals surface area contributed by atoms with E-state index in [0.29, 0.717) is 23.6 Å². The molecule has 0 unspecified atom stereocenters. The Kier molecular flexibility index (Phi) is 4.03. The molecular formula is C10H12ClFO. The summed E-state index contributed by atoms with van der Waals surface area (Å²) in [5.74, 6) is 0.891. The molecule has 1 rings (SSSR count). The van der Waals surface area contributed by atoms with Crippen LogP contribution in [0.1, 0.15) is 12.0 Å². The van der Waals surface area contributed by atoms with Gasteiger partial charge >= 0.3 is 0 Å². The van der Waals surface area contributed by atoms with E-state index in [0.717, 1.165) is 6.42 Å². The molecule has 0 aromatic heterocycles. The molecule has 0 fully saturated rings. The average molecular weight is 203 g/mol. The maximum absolute atomic E-state index is 13.2. The fourth-order valence-electron chi connectivity index (χ4n) is 1.12. The molecule has 0 bridgehead atoms. The van der Waals surface area contributed by atoms with E-state index in [1.165, 1.54) is 13.2 Å². The number of rotatable bonds is 4. The van der Waals surface area contributed by atoms with Crippen LogP contribution in [0.5, 0.6) is 5.75 Å². The van der Waals surface area contributed by atoms with Gasteiger partial charge in [-0.3, -0.25) is 0 Å².